The summed E-state index contributed by atoms with van der Waals surface area (Å²) < 4.78 is 0. The molecule has 1 aliphatic carbocycles. The molecule has 0 atom stereocenters. The average Bonchev–Trinajstić information content (AvgIpc) is 3.19. The van der Waals surface area contributed by atoms with E-state index in [2.05, 4.69) is 0 Å². The van der Waals surface area contributed by atoms with Crippen LogP contribution in [-0.2, 0) is 0 Å². The quantitative estimate of drug-likeness (QED) is 0.582. The molecule has 1 aliphatic rings. The highest BCUT2D eigenvalue weighted by molar-refractivity contribution is 5.66. The van der Waals surface area contributed by atoms with Crippen molar-refractivity contribution in [3.63, 3.8) is 0 Å². The largest absolute Gasteiger partial charge is 0.369 e. The molecule has 0 aromatic heterocycles. The van der Waals surface area contributed by atoms with Crippen molar-refractivity contribution in [2.75, 3.05) is 18.5 Å². The minimum atomic E-state index is -0.624. The van der Waals surface area contributed by atoms with Gasteiger partial charge in [0, 0.05) is 19.7 Å². The van der Waals surface area contributed by atoms with Crippen molar-refractivity contribution in [2.45, 2.75) is 19.3 Å². The number of nitrogens with zero attached hydrogens (tertiary/aromatic N) is 3. The molecule has 0 spiro atoms. The molecule has 7 nitrogen and oxygen atoms in total. The maximum Gasteiger partial charge on any atom is 0.299 e. The lowest BCUT2D eigenvalue weighted by Gasteiger charge is -2.18. The molecule has 0 aliphatic heterocycles. The Morgan fingerprint density at radius 2 is 1.95 bits per heavy atom. The molecule has 2 rings (SSSR count). The van der Waals surface area contributed by atoms with E-state index in [0.29, 0.717) is 5.69 Å². The van der Waals surface area contributed by atoms with E-state index in [9.17, 15) is 20.2 Å². The van der Waals surface area contributed by atoms with Gasteiger partial charge < -0.3 is 4.90 Å². The molecule has 0 unspecified atom stereocenters. The third kappa shape index (κ3) is 3.18. The second-order valence-electron chi connectivity index (χ2n) is 4.84. The fourth-order valence-corrected chi connectivity index (χ4v) is 2.00. The summed E-state index contributed by atoms with van der Waals surface area (Å²) in [6, 6.07) is 3.77. The van der Waals surface area contributed by atoms with E-state index in [1.807, 2.05) is 0 Å². The predicted molar refractivity (Wildman–Crippen MR) is 70.4 cm³/mol. The lowest BCUT2D eigenvalue weighted by Crippen LogP contribution is -2.20. The van der Waals surface area contributed by atoms with Crippen LogP contribution in [0.3, 0.4) is 0 Å². The van der Waals surface area contributed by atoms with Crippen molar-refractivity contribution in [1.82, 2.24) is 0 Å². The molecule has 0 radical (unpaired) electrons. The molecule has 0 amide bonds. The molecule has 0 bridgehead atoms. The Bertz CT molecular complexity index is 514. The van der Waals surface area contributed by atoms with Crippen LogP contribution in [0, 0.1) is 26.1 Å². The Hall–Kier alpha value is -2.18. The lowest BCUT2D eigenvalue weighted by atomic mass is 10.2. The van der Waals surface area contributed by atoms with Crippen LogP contribution in [0.2, 0.25) is 0 Å². The zero-order valence-corrected chi connectivity index (χ0v) is 10.6. The maximum absolute atomic E-state index is 11.0. The van der Waals surface area contributed by atoms with Gasteiger partial charge >= 0.3 is 0 Å². The molecule has 0 N–H and O–H groups in total. The van der Waals surface area contributed by atoms with Crippen LogP contribution in [0.15, 0.2) is 18.2 Å². The predicted octanol–water partition coefficient (Wildman–Crippen LogP) is 2.74. The van der Waals surface area contributed by atoms with E-state index in [1.165, 1.54) is 25.0 Å². The van der Waals surface area contributed by atoms with Crippen LogP contribution in [-0.4, -0.2) is 23.4 Å². The van der Waals surface area contributed by atoms with Crippen LogP contribution in [0.1, 0.15) is 19.3 Å². The minimum Gasteiger partial charge on any atom is -0.369 e. The third-order valence-electron chi connectivity index (χ3n) is 3.35. The first kappa shape index (κ1) is 13.3. The number of non-ortho nitro benzene ring substituents is 1. The summed E-state index contributed by atoms with van der Waals surface area (Å²) in [5, 5.41) is 21.7. The van der Waals surface area contributed by atoms with Crippen molar-refractivity contribution in [3.8, 4) is 0 Å². The average molecular weight is 265 g/mol. The van der Waals surface area contributed by atoms with Crippen LogP contribution in [0.5, 0.6) is 0 Å². The van der Waals surface area contributed by atoms with Crippen molar-refractivity contribution < 1.29 is 9.85 Å². The molecule has 1 aromatic carbocycles. The second-order valence-corrected chi connectivity index (χ2v) is 4.84. The maximum atomic E-state index is 11.0. The first-order valence-electron chi connectivity index (χ1n) is 6.13. The van der Waals surface area contributed by atoms with Crippen LogP contribution < -0.4 is 4.90 Å². The van der Waals surface area contributed by atoms with Crippen LogP contribution in [0.4, 0.5) is 17.1 Å². The highest BCUT2D eigenvalue weighted by Crippen LogP contribution is 2.35. The van der Waals surface area contributed by atoms with Gasteiger partial charge in [0.05, 0.1) is 15.9 Å². The number of hydrogen-bond acceptors (Lipinski definition) is 5. The third-order valence-corrected chi connectivity index (χ3v) is 3.35. The monoisotopic (exact) mass is 265 g/mol. The van der Waals surface area contributed by atoms with E-state index in [4.69, 9.17) is 0 Å². The Morgan fingerprint density at radius 3 is 2.47 bits per heavy atom. The van der Waals surface area contributed by atoms with Gasteiger partial charge in [-0.25, -0.2) is 0 Å². The number of rotatable bonds is 6. The normalized spacial score (nSPS) is 14.2. The number of nitro groups is 2. The van der Waals surface area contributed by atoms with Gasteiger partial charge in [0.2, 0.25) is 0 Å². The number of nitro benzene ring substituents is 2. The fourth-order valence-electron chi connectivity index (χ4n) is 2.00. The number of hydrogen-bond donors (Lipinski definition) is 0. The summed E-state index contributed by atoms with van der Waals surface area (Å²) >= 11 is 0. The molecule has 1 aromatic rings. The van der Waals surface area contributed by atoms with E-state index >= 15 is 0 Å². The smallest absolute Gasteiger partial charge is 0.299 e. The zero-order valence-electron chi connectivity index (χ0n) is 10.6. The Morgan fingerprint density at radius 1 is 1.26 bits per heavy atom. The Labute approximate surface area is 110 Å². The summed E-state index contributed by atoms with van der Waals surface area (Å²) in [6.07, 6.45) is 3.47. The zero-order chi connectivity index (χ0) is 14.0. The molecule has 19 heavy (non-hydrogen) atoms. The SMILES string of the molecule is CN(CCC1CC1)c1ccc([N+](=O)[O-])cc1[N+](=O)[O-]. The molecule has 102 valence electrons. The Kier molecular flexibility index (Phi) is 3.64. The van der Waals surface area contributed by atoms with E-state index < -0.39 is 9.85 Å². The van der Waals surface area contributed by atoms with Gasteiger partial charge in [-0.1, -0.05) is 12.8 Å². The standard InChI is InChI=1S/C12H15N3O4/c1-13(7-6-9-2-3-9)11-5-4-10(14(16)17)8-12(11)15(18)19/h4-5,8-9H,2-3,6-7H2,1H3. The van der Waals surface area contributed by atoms with Crippen molar-refractivity contribution in [2.24, 2.45) is 5.92 Å². The van der Waals surface area contributed by atoms with Gasteiger partial charge in [0.1, 0.15) is 5.69 Å². The van der Waals surface area contributed by atoms with Gasteiger partial charge in [-0.3, -0.25) is 20.2 Å². The second kappa shape index (κ2) is 5.21. The first-order chi connectivity index (χ1) is 8.99. The molecule has 7 heteroatoms. The van der Waals surface area contributed by atoms with Gasteiger partial charge in [0.15, 0.2) is 0 Å². The number of anilines is 1. The summed E-state index contributed by atoms with van der Waals surface area (Å²) in [4.78, 5) is 22.3. The fraction of sp³-hybridized carbons (Fsp3) is 0.500. The molecule has 0 heterocycles. The van der Waals surface area contributed by atoms with Crippen LogP contribution >= 0.6 is 0 Å². The highest BCUT2D eigenvalue weighted by Gasteiger charge is 2.24. The molecule has 1 fully saturated rings. The minimum absolute atomic E-state index is 0.215. The summed E-state index contributed by atoms with van der Waals surface area (Å²) in [5.41, 5.74) is -0.0465. The highest BCUT2D eigenvalue weighted by atomic mass is 16.6. The molecular formula is C12H15N3O4. The van der Waals surface area contributed by atoms with E-state index in [1.54, 1.807) is 11.9 Å². The molecule has 1 saturated carbocycles. The van der Waals surface area contributed by atoms with Crippen LogP contribution in [0.25, 0.3) is 0 Å². The first-order valence-corrected chi connectivity index (χ1v) is 6.13. The van der Waals surface area contributed by atoms with Gasteiger partial charge in [-0.2, -0.15) is 0 Å². The molecular weight excluding hydrogens is 250 g/mol. The van der Waals surface area contributed by atoms with E-state index in [-0.39, 0.29) is 11.4 Å². The topological polar surface area (TPSA) is 89.5 Å². The van der Waals surface area contributed by atoms with Crippen molar-refractivity contribution in [3.05, 3.63) is 38.4 Å². The Balaban J connectivity index is 2.21. The molecule has 0 saturated heterocycles. The lowest BCUT2D eigenvalue weighted by molar-refractivity contribution is -0.393. The number of benzene rings is 1. The van der Waals surface area contributed by atoms with Crippen molar-refractivity contribution in [1.29, 1.82) is 0 Å². The summed E-state index contributed by atoms with van der Waals surface area (Å²) in [6.45, 7) is 0.726. The van der Waals surface area contributed by atoms with Crippen molar-refractivity contribution >= 4 is 17.1 Å². The van der Waals surface area contributed by atoms with Gasteiger partial charge in [-0.05, 0) is 18.4 Å². The van der Waals surface area contributed by atoms with Gasteiger partial charge in [-0.15, -0.1) is 0 Å². The van der Waals surface area contributed by atoms with Gasteiger partial charge in [0.25, 0.3) is 11.4 Å². The van der Waals surface area contributed by atoms with E-state index in [0.717, 1.165) is 24.9 Å². The summed E-state index contributed by atoms with van der Waals surface area (Å²) in [5.74, 6) is 0.736. The summed E-state index contributed by atoms with van der Waals surface area (Å²) in [7, 11) is 1.77.